The summed E-state index contributed by atoms with van der Waals surface area (Å²) in [6.45, 7) is 34.3. The summed E-state index contributed by atoms with van der Waals surface area (Å²) in [5.74, 6) is -6.69. The van der Waals surface area contributed by atoms with E-state index in [0.29, 0.717) is 76.2 Å². The number of ether oxygens (including phenoxy) is 14. The van der Waals surface area contributed by atoms with Crippen molar-refractivity contribution in [2.75, 3.05) is 20.3 Å². The quantitative estimate of drug-likeness (QED) is 0.0860. The molecule has 0 N–H and O–H groups in total. The van der Waals surface area contributed by atoms with Crippen LogP contribution in [0.1, 0.15) is 208 Å². The molecular formula is C80H114O27. The molecule has 0 aromatic rings. The number of esters is 13. The van der Waals surface area contributed by atoms with Crippen molar-refractivity contribution >= 4 is 77.6 Å². The predicted octanol–water partition coefficient (Wildman–Crippen LogP) is 8.86. The van der Waals surface area contributed by atoms with Crippen LogP contribution in [0.15, 0.2) is 0 Å². The van der Waals surface area contributed by atoms with Crippen molar-refractivity contribution in [1.82, 2.24) is 0 Å². The van der Waals surface area contributed by atoms with Crippen LogP contribution in [-0.2, 0) is 129 Å². The van der Waals surface area contributed by atoms with Crippen LogP contribution >= 0.6 is 0 Å². The van der Waals surface area contributed by atoms with Gasteiger partial charge in [-0.25, -0.2) is 0 Å². The zero-order chi connectivity index (χ0) is 78.6. The highest BCUT2D eigenvalue weighted by atomic mass is 16.7. The van der Waals surface area contributed by atoms with E-state index in [0.717, 1.165) is 25.7 Å². The monoisotopic (exact) mass is 1510 g/mol. The van der Waals surface area contributed by atoms with Gasteiger partial charge in [0.1, 0.15) is 54.4 Å². The highest BCUT2D eigenvalue weighted by molar-refractivity contribution is 5.89. The summed E-state index contributed by atoms with van der Waals surface area (Å²) in [7, 11) is 1.31. The van der Waals surface area contributed by atoms with Gasteiger partial charge in [0, 0.05) is 40.9 Å². The number of cyclic esters (lactones) is 1. The molecule has 15 aliphatic rings. The van der Waals surface area contributed by atoms with Gasteiger partial charge in [0.15, 0.2) is 12.2 Å². The van der Waals surface area contributed by atoms with Crippen molar-refractivity contribution in [1.29, 1.82) is 0 Å². The smallest absolute Gasteiger partial charge is 0.312 e. The van der Waals surface area contributed by atoms with Crippen molar-refractivity contribution in [2.45, 2.75) is 281 Å². The fourth-order valence-corrected chi connectivity index (χ4v) is 19.3. The van der Waals surface area contributed by atoms with Gasteiger partial charge in [0.05, 0.1) is 102 Å². The Kier molecular flexibility index (Phi) is 22.8. The molecule has 107 heavy (non-hydrogen) atoms. The van der Waals surface area contributed by atoms with Crippen LogP contribution in [0.3, 0.4) is 0 Å². The van der Waals surface area contributed by atoms with Gasteiger partial charge in [-0.15, -0.1) is 0 Å². The first-order valence-electron chi connectivity index (χ1n) is 39.2. The lowest BCUT2D eigenvalue weighted by molar-refractivity contribution is -0.176. The number of rotatable bonds is 19. The lowest BCUT2D eigenvalue weighted by Crippen LogP contribution is -2.46. The molecule has 28 atom stereocenters. The van der Waals surface area contributed by atoms with Crippen LogP contribution < -0.4 is 0 Å². The lowest BCUT2D eigenvalue weighted by Gasteiger charge is -2.34. The molecule has 10 bridgehead atoms. The third kappa shape index (κ3) is 14.8. The molecule has 15 rings (SSSR count). The van der Waals surface area contributed by atoms with Gasteiger partial charge in [0.2, 0.25) is 0 Å². The number of carbonyl (C=O) groups excluding carboxylic acids is 13. The van der Waals surface area contributed by atoms with Crippen LogP contribution in [0.25, 0.3) is 0 Å². The summed E-state index contributed by atoms with van der Waals surface area (Å²) in [6.07, 6.45) is 5.73. The molecule has 0 amide bonds. The maximum absolute atomic E-state index is 12.7. The topological polar surface area (TPSA) is 351 Å². The molecule has 27 heteroatoms. The summed E-state index contributed by atoms with van der Waals surface area (Å²) in [5, 5.41) is 0. The van der Waals surface area contributed by atoms with Crippen molar-refractivity contribution < 1.29 is 129 Å². The van der Waals surface area contributed by atoms with Crippen LogP contribution in [0.4, 0.5) is 0 Å². The van der Waals surface area contributed by atoms with E-state index >= 15 is 0 Å². The van der Waals surface area contributed by atoms with Gasteiger partial charge < -0.3 is 66.3 Å². The summed E-state index contributed by atoms with van der Waals surface area (Å²) in [4.78, 5) is 158. The summed E-state index contributed by atoms with van der Waals surface area (Å²) in [6, 6.07) is 0. The summed E-state index contributed by atoms with van der Waals surface area (Å²) >= 11 is 0. The number of hydrogen-bond donors (Lipinski definition) is 0. The molecule has 1 spiro atoms. The maximum atomic E-state index is 12.7. The van der Waals surface area contributed by atoms with E-state index in [9.17, 15) is 62.3 Å². The molecule has 596 valence electrons. The SMILES string of the molecule is CCC(C)(C)C(=O)OC1C2CC3C(=O)OC1C3O2.CCC(C)(C)C(=O)OC1C2CC3C1OC(=O)C3C2C(=O)OC.CCC(C)(C)C(=O)OC1C2CC3C1OC(=O)C3C2C(=O)OC(C)(C)C.CCC(C)C(=O)OC1CC2CC1CC21COC(=O)C1.CCOC(=O)C1C2CC3C(OC(=O)C31)C2OC(=O)C(C)(C)CC. The van der Waals surface area contributed by atoms with Crippen LogP contribution in [-0.4, -0.2) is 171 Å². The third-order valence-electron chi connectivity index (χ3n) is 27.3. The Morgan fingerprint density at radius 2 is 0.888 bits per heavy atom. The Balaban J connectivity index is 0.000000134. The molecule has 0 aromatic carbocycles. The first-order chi connectivity index (χ1) is 50.1. The molecule has 7 aliphatic heterocycles. The van der Waals surface area contributed by atoms with Gasteiger partial charge >= 0.3 is 77.6 Å². The van der Waals surface area contributed by atoms with Gasteiger partial charge in [-0.05, 0) is 172 Å². The molecule has 7 saturated heterocycles. The van der Waals surface area contributed by atoms with E-state index in [2.05, 4.69) is 0 Å². The van der Waals surface area contributed by atoms with Gasteiger partial charge in [-0.3, -0.25) is 62.3 Å². The summed E-state index contributed by atoms with van der Waals surface area (Å²) < 4.78 is 76.3. The van der Waals surface area contributed by atoms with Crippen LogP contribution in [0.2, 0.25) is 0 Å². The zero-order valence-electron chi connectivity index (χ0n) is 65.7. The first-order valence-corrected chi connectivity index (χ1v) is 39.2. The highest BCUT2D eigenvalue weighted by Crippen LogP contribution is 2.64. The molecule has 0 aromatic heterocycles. The zero-order valence-corrected chi connectivity index (χ0v) is 65.7. The van der Waals surface area contributed by atoms with E-state index in [1.165, 1.54) is 7.11 Å². The highest BCUT2D eigenvalue weighted by Gasteiger charge is 2.74. The molecule has 7 heterocycles. The Bertz CT molecular complexity index is 3510. The van der Waals surface area contributed by atoms with Gasteiger partial charge in [-0.1, -0.05) is 41.5 Å². The number of hydrogen-bond acceptors (Lipinski definition) is 27. The fraction of sp³-hybridized carbons (Fsp3) is 0.838. The van der Waals surface area contributed by atoms with E-state index in [1.807, 2.05) is 96.9 Å². The van der Waals surface area contributed by atoms with E-state index in [1.54, 1.807) is 27.7 Å². The molecule has 8 aliphatic carbocycles. The Hall–Kier alpha value is -6.93. The fourth-order valence-electron chi connectivity index (χ4n) is 19.3. The largest absolute Gasteiger partial charge is 0.469 e. The predicted molar refractivity (Wildman–Crippen MR) is 370 cm³/mol. The molecule has 28 unspecified atom stereocenters. The lowest BCUT2D eigenvalue weighted by atomic mass is 9.72. The second kappa shape index (κ2) is 30.0. The average molecular weight is 1510 g/mol. The van der Waals surface area contributed by atoms with Crippen LogP contribution in [0, 0.1) is 122 Å². The minimum absolute atomic E-state index is 0.00974. The normalized spacial score (nSPS) is 38.9. The van der Waals surface area contributed by atoms with E-state index < -0.39 is 124 Å². The number of carbonyl (C=O) groups is 13. The minimum atomic E-state index is -0.628. The van der Waals surface area contributed by atoms with Crippen molar-refractivity contribution in [2.24, 2.45) is 122 Å². The number of methoxy groups -OCH3 is 1. The second-order valence-electron chi connectivity index (χ2n) is 36.3. The first kappa shape index (κ1) is 81.1. The van der Waals surface area contributed by atoms with Crippen molar-refractivity contribution in [3.63, 3.8) is 0 Å². The Morgan fingerprint density at radius 3 is 1.25 bits per heavy atom. The van der Waals surface area contributed by atoms with E-state index in [4.69, 9.17) is 66.3 Å². The summed E-state index contributed by atoms with van der Waals surface area (Å²) in [5.41, 5.74) is -2.86. The molecule has 8 saturated carbocycles. The Labute approximate surface area is 626 Å². The average Bonchev–Trinajstić information content (AvgIpc) is 1.56. The van der Waals surface area contributed by atoms with Crippen molar-refractivity contribution in [3.8, 4) is 0 Å². The second-order valence-corrected chi connectivity index (χ2v) is 36.3. The molecular weight excluding hydrogens is 1390 g/mol. The third-order valence-corrected chi connectivity index (χ3v) is 27.3. The van der Waals surface area contributed by atoms with Crippen LogP contribution in [0.5, 0.6) is 0 Å². The number of fused-ring (bicyclic) bond motifs is 7. The molecule has 27 nitrogen and oxygen atoms in total. The van der Waals surface area contributed by atoms with E-state index in [-0.39, 0.29) is 143 Å². The Morgan fingerprint density at radius 1 is 0.477 bits per heavy atom. The minimum Gasteiger partial charge on any atom is -0.469 e. The standard InChI is InChI=1S/C19H28O6.C17H24O6.C16H22O6.C15H22O4.C13H18O5/c1-7-19(5,6)17(22)24-14-10-8-9-11(15(20)23-13(9)14)12(10)16(21)25-18(2,3)4;1-5-17(3,4)16(20)23-13-8-7-9-11(15(19)22-12(9)13)10(8)14(18)21-6-2;1-5-16(2,3)15(19)22-12-7-6-8-10(9(7)13(17)20-4)14(18)21-11(8)12;1-3-9(2)14(17)19-12-5-11-4-10(12)6-15(11)7-13(16)18-8-15;1-4-13(2,3)12(15)18-9-7-5-6-8(16-7)10(9)17-11(6)14/h9-14H,7-8H2,1-6H3;8-13H,5-7H2,1-4H3;7-12H,5-6H2,1-4H3;9-12H,3-8H2,1-2H3;6-10H,4-5H2,1-3H3. The molecule has 0 radical (unpaired) electrons. The maximum Gasteiger partial charge on any atom is 0.312 e. The van der Waals surface area contributed by atoms with Crippen molar-refractivity contribution in [3.05, 3.63) is 0 Å². The molecule has 15 fully saturated rings. The van der Waals surface area contributed by atoms with Gasteiger partial charge in [-0.2, -0.15) is 0 Å². The van der Waals surface area contributed by atoms with Gasteiger partial charge in [0.25, 0.3) is 0 Å².